The molecule has 1 N–H and O–H groups in total. The standard InChI is InChI=1S/C11H13F4NO/c1-16-6-9(11(13,14)15)8-5-7(12)3-4-10(8)17-2/h3-5,9,16H,6H2,1-2H3. The molecule has 0 saturated heterocycles. The lowest BCUT2D eigenvalue weighted by Gasteiger charge is -2.22. The SMILES string of the molecule is CNCC(c1cc(F)ccc1OC)C(F)(F)F. The number of alkyl halides is 3. The molecule has 0 heterocycles. The first-order valence-electron chi connectivity index (χ1n) is 4.95. The Morgan fingerprint density at radius 2 is 2.00 bits per heavy atom. The lowest BCUT2D eigenvalue weighted by molar-refractivity contribution is -0.149. The highest BCUT2D eigenvalue weighted by molar-refractivity contribution is 5.38. The molecular formula is C11H13F4NO. The van der Waals surface area contributed by atoms with Gasteiger partial charge >= 0.3 is 6.18 Å². The van der Waals surface area contributed by atoms with Gasteiger partial charge in [0.2, 0.25) is 0 Å². The van der Waals surface area contributed by atoms with E-state index >= 15 is 0 Å². The third-order valence-corrected chi connectivity index (χ3v) is 2.37. The monoisotopic (exact) mass is 251 g/mol. The van der Waals surface area contributed by atoms with Gasteiger partial charge in [0, 0.05) is 12.1 Å². The Labute approximate surface area is 96.6 Å². The molecule has 96 valence electrons. The van der Waals surface area contributed by atoms with E-state index in [0.717, 1.165) is 12.1 Å². The van der Waals surface area contributed by atoms with Crippen LogP contribution in [0.2, 0.25) is 0 Å². The molecule has 0 fully saturated rings. The molecular weight excluding hydrogens is 238 g/mol. The van der Waals surface area contributed by atoms with Crippen LogP contribution in [0.4, 0.5) is 17.6 Å². The molecule has 0 saturated carbocycles. The second kappa shape index (κ2) is 5.35. The smallest absolute Gasteiger partial charge is 0.397 e. The molecule has 0 bridgehead atoms. The lowest BCUT2D eigenvalue weighted by Crippen LogP contribution is -2.30. The van der Waals surface area contributed by atoms with Gasteiger partial charge in [-0.25, -0.2) is 4.39 Å². The zero-order valence-electron chi connectivity index (χ0n) is 9.44. The molecule has 0 spiro atoms. The van der Waals surface area contributed by atoms with Crippen molar-refractivity contribution in [1.82, 2.24) is 5.32 Å². The Balaban J connectivity index is 3.21. The number of methoxy groups -OCH3 is 1. The van der Waals surface area contributed by atoms with Crippen molar-refractivity contribution in [3.05, 3.63) is 29.6 Å². The summed E-state index contributed by atoms with van der Waals surface area (Å²) in [6.07, 6.45) is -4.45. The van der Waals surface area contributed by atoms with E-state index in [-0.39, 0.29) is 17.9 Å². The summed E-state index contributed by atoms with van der Waals surface area (Å²) in [4.78, 5) is 0. The fourth-order valence-corrected chi connectivity index (χ4v) is 1.58. The summed E-state index contributed by atoms with van der Waals surface area (Å²) in [5.41, 5.74) is -0.200. The normalized spacial score (nSPS) is 13.5. The van der Waals surface area contributed by atoms with E-state index in [4.69, 9.17) is 4.74 Å². The average Bonchev–Trinajstić information content (AvgIpc) is 2.24. The zero-order valence-corrected chi connectivity index (χ0v) is 9.44. The van der Waals surface area contributed by atoms with E-state index in [2.05, 4.69) is 5.32 Å². The second-order valence-electron chi connectivity index (χ2n) is 3.54. The van der Waals surface area contributed by atoms with Crippen molar-refractivity contribution < 1.29 is 22.3 Å². The number of hydrogen-bond acceptors (Lipinski definition) is 2. The van der Waals surface area contributed by atoms with Gasteiger partial charge in [-0.2, -0.15) is 13.2 Å². The van der Waals surface area contributed by atoms with Gasteiger partial charge in [-0.3, -0.25) is 0 Å². The largest absolute Gasteiger partial charge is 0.496 e. The van der Waals surface area contributed by atoms with Gasteiger partial charge in [0.1, 0.15) is 11.6 Å². The number of likely N-dealkylation sites (N-methyl/N-ethyl adjacent to an activating group) is 1. The van der Waals surface area contributed by atoms with Crippen molar-refractivity contribution in [2.24, 2.45) is 0 Å². The highest BCUT2D eigenvalue weighted by Crippen LogP contribution is 2.38. The van der Waals surface area contributed by atoms with Gasteiger partial charge in [-0.15, -0.1) is 0 Å². The Hall–Kier alpha value is -1.30. The molecule has 0 aliphatic carbocycles. The van der Waals surface area contributed by atoms with Crippen LogP contribution in [0.15, 0.2) is 18.2 Å². The van der Waals surface area contributed by atoms with Crippen molar-refractivity contribution in [1.29, 1.82) is 0 Å². The maximum Gasteiger partial charge on any atom is 0.397 e. The molecule has 1 rings (SSSR count). The summed E-state index contributed by atoms with van der Waals surface area (Å²) < 4.78 is 56.3. The Morgan fingerprint density at radius 1 is 1.35 bits per heavy atom. The summed E-state index contributed by atoms with van der Waals surface area (Å²) in [6.45, 7) is -0.330. The predicted molar refractivity (Wildman–Crippen MR) is 55.7 cm³/mol. The van der Waals surface area contributed by atoms with Crippen molar-refractivity contribution >= 4 is 0 Å². The van der Waals surface area contributed by atoms with E-state index in [1.54, 1.807) is 0 Å². The number of halogens is 4. The number of nitrogens with one attached hydrogen (secondary N) is 1. The molecule has 0 radical (unpaired) electrons. The Kier molecular flexibility index (Phi) is 4.34. The first-order chi connectivity index (χ1) is 7.90. The van der Waals surface area contributed by atoms with Gasteiger partial charge in [0.25, 0.3) is 0 Å². The molecule has 6 heteroatoms. The van der Waals surface area contributed by atoms with Crippen LogP contribution < -0.4 is 10.1 Å². The number of benzene rings is 1. The molecule has 1 atom stereocenters. The van der Waals surface area contributed by atoms with Crippen molar-refractivity contribution in [3.8, 4) is 5.75 Å². The lowest BCUT2D eigenvalue weighted by atomic mass is 9.97. The van der Waals surface area contributed by atoms with E-state index in [9.17, 15) is 17.6 Å². The van der Waals surface area contributed by atoms with E-state index in [1.807, 2.05) is 0 Å². The summed E-state index contributed by atoms with van der Waals surface area (Å²) >= 11 is 0. The number of hydrogen-bond donors (Lipinski definition) is 1. The van der Waals surface area contributed by atoms with Gasteiger partial charge in [-0.05, 0) is 25.2 Å². The minimum atomic E-state index is -4.45. The molecule has 1 unspecified atom stereocenters. The molecule has 0 amide bonds. The maximum atomic E-state index is 13.0. The fourth-order valence-electron chi connectivity index (χ4n) is 1.58. The number of rotatable bonds is 4. The fraction of sp³-hybridized carbons (Fsp3) is 0.455. The minimum Gasteiger partial charge on any atom is -0.496 e. The molecule has 0 aromatic heterocycles. The van der Waals surface area contributed by atoms with E-state index < -0.39 is 17.9 Å². The van der Waals surface area contributed by atoms with Crippen molar-refractivity contribution in [2.75, 3.05) is 20.7 Å². The van der Waals surface area contributed by atoms with Gasteiger partial charge in [0.15, 0.2) is 0 Å². The Bertz CT molecular complexity index is 378. The van der Waals surface area contributed by atoms with Crippen LogP contribution in [0, 0.1) is 5.82 Å². The van der Waals surface area contributed by atoms with Crippen molar-refractivity contribution in [3.63, 3.8) is 0 Å². The third kappa shape index (κ3) is 3.33. The molecule has 2 nitrogen and oxygen atoms in total. The van der Waals surface area contributed by atoms with Gasteiger partial charge in [-0.1, -0.05) is 0 Å². The highest BCUT2D eigenvalue weighted by Gasteiger charge is 2.41. The first-order valence-corrected chi connectivity index (χ1v) is 4.95. The second-order valence-corrected chi connectivity index (χ2v) is 3.54. The Morgan fingerprint density at radius 3 is 2.47 bits per heavy atom. The summed E-state index contributed by atoms with van der Waals surface area (Å²) in [5, 5.41) is 2.45. The molecule has 1 aromatic carbocycles. The topological polar surface area (TPSA) is 21.3 Å². The maximum absolute atomic E-state index is 13.0. The van der Waals surface area contributed by atoms with Crippen LogP contribution in [0.25, 0.3) is 0 Å². The summed E-state index contributed by atoms with van der Waals surface area (Å²) in [6, 6.07) is 3.11. The highest BCUT2D eigenvalue weighted by atomic mass is 19.4. The van der Waals surface area contributed by atoms with Gasteiger partial charge in [0.05, 0.1) is 13.0 Å². The van der Waals surface area contributed by atoms with E-state index in [1.165, 1.54) is 20.2 Å². The first kappa shape index (κ1) is 13.8. The molecule has 0 aliphatic heterocycles. The quantitative estimate of drug-likeness (QED) is 0.831. The molecule has 1 aromatic rings. The molecule has 17 heavy (non-hydrogen) atoms. The predicted octanol–water partition coefficient (Wildman–Crippen LogP) is 2.70. The zero-order chi connectivity index (χ0) is 13.1. The van der Waals surface area contributed by atoms with E-state index in [0.29, 0.717) is 0 Å². The van der Waals surface area contributed by atoms with Gasteiger partial charge < -0.3 is 10.1 Å². The van der Waals surface area contributed by atoms with Crippen LogP contribution in [-0.2, 0) is 0 Å². The van der Waals surface area contributed by atoms with Crippen LogP contribution in [0.5, 0.6) is 5.75 Å². The van der Waals surface area contributed by atoms with Crippen LogP contribution in [-0.4, -0.2) is 26.9 Å². The summed E-state index contributed by atoms with van der Waals surface area (Å²) in [5.74, 6) is -2.48. The molecule has 0 aliphatic rings. The third-order valence-electron chi connectivity index (χ3n) is 2.37. The van der Waals surface area contributed by atoms with Crippen LogP contribution >= 0.6 is 0 Å². The average molecular weight is 251 g/mol. The van der Waals surface area contributed by atoms with Crippen LogP contribution in [0.1, 0.15) is 11.5 Å². The minimum absolute atomic E-state index is 0.0315. The summed E-state index contributed by atoms with van der Waals surface area (Å²) in [7, 11) is 2.66. The van der Waals surface area contributed by atoms with Crippen molar-refractivity contribution in [2.45, 2.75) is 12.1 Å². The van der Waals surface area contributed by atoms with Crippen LogP contribution in [0.3, 0.4) is 0 Å². The number of ether oxygens (including phenoxy) is 1.